The summed E-state index contributed by atoms with van der Waals surface area (Å²) < 4.78 is 6.62. The van der Waals surface area contributed by atoms with Gasteiger partial charge in [-0.2, -0.15) is 0 Å². The number of hydrogen-bond donors (Lipinski definition) is 3. The number of urea groups is 1. The number of pyridine rings is 1. The average molecular weight is 684 g/mol. The first-order chi connectivity index (χ1) is 22.6. The Kier molecular flexibility index (Phi) is 17.3. The van der Waals surface area contributed by atoms with Crippen molar-refractivity contribution in [1.29, 1.82) is 0 Å². The summed E-state index contributed by atoms with van der Waals surface area (Å²) in [6, 6.07) is 7.86. The molecule has 1 aliphatic rings. The fourth-order valence-corrected chi connectivity index (χ4v) is 5.47. The van der Waals surface area contributed by atoms with E-state index in [1.807, 2.05) is 59.9 Å². The Labute approximate surface area is 287 Å². The maximum absolute atomic E-state index is 12.2. The van der Waals surface area contributed by atoms with Crippen LogP contribution in [-0.4, -0.2) is 74.5 Å². The van der Waals surface area contributed by atoms with E-state index < -0.39 is 5.60 Å². The molecule has 258 valence electrons. The van der Waals surface area contributed by atoms with E-state index in [2.05, 4.69) is 53.8 Å². The minimum Gasteiger partial charge on any atom is -0.382 e. The lowest BCUT2D eigenvalue weighted by atomic mass is 10.0. The lowest BCUT2D eigenvalue weighted by molar-refractivity contribution is -0.0531. The summed E-state index contributed by atoms with van der Waals surface area (Å²) in [5.41, 5.74) is 4.15. The Morgan fingerprint density at radius 3 is 2.30 bits per heavy atom. The Morgan fingerprint density at radius 1 is 1.06 bits per heavy atom. The molecule has 47 heavy (non-hydrogen) atoms. The smallest absolute Gasteiger partial charge is 0.321 e. The second kappa shape index (κ2) is 20.3. The van der Waals surface area contributed by atoms with E-state index in [1.54, 1.807) is 26.2 Å². The summed E-state index contributed by atoms with van der Waals surface area (Å²) in [4.78, 5) is 32.7. The number of nitrogens with one attached hydrogen (secondary N) is 2. The molecule has 12 heteroatoms. The highest BCUT2D eigenvalue weighted by Gasteiger charge is 2.27. The summed E-state index contributed by atoms with van der Waals surface area (Å²) in [7, 11) is 2.66. The molecule has 0 spiro atoms. The van der Waals surface area contributed by atoms with Crippen molar-refractivity contribution in [3.05, 3.63) is 54.2 Å². The highest BCUT2D eigenvalue weighted by atomic mass is 32.1. The summed E-state index contributed by atoms with van der Waals surface area (Å²) in [5.74, 6) is 0.349. The fourth-order valence-electron chi connectivity index (χ4n) is 4.51. The van der Waals surface area contributed by atoms with E-state index in [-0.39, 0.29) is 6.03 Å². The van der Waals surface area contributed by atoms with Crippen molar-refractivity contribution in [2.45, 2.75) is 87.0 Å². The highest BCUT2D eigenvalue weighted by Crippen LogP contribution is 2.38. The van der Waals surface area contributed by atoms with Crippen molar-refractivity contribution >= 4 is 42.0 Å². The minimum atomic E-state index is -1.13. The maximum atomic E-state index is 12.2. The zero-order chi connectivity index (χ0) is 35.0. The van der Waals surface area contributed by atoms with Crippen molar-refractivity contribution in [3.8, 4) is 22.4 Å². The molecular formula is C35H54N7O3PS. The molecule has 3 aromatic heterocycles. The van der Waals surface area contributed by atoms with Crippen LogP contribution in [-0.2, 0) is 16.9 Å². The van der Waals surface area contributed by atoms with Crippen molar-refractivity contribution in [2.24, 2.45) is 0 Å². The number of carbonyl (C=O) groups is 1. The van der Waals surface area contributed by atoms with Crippen LogP contribution in [0.15, 0.2) is 42.9 Å². The van der Waals surface area contributed by atoms with Crippen molar-refractivity contribution < 1.29 is 14.6 Å². The van der Waals surface area contributed by atoms with Crippen molar-refractivity contribution in [1.82, 2.24) is 30.2 Å². The molecule has 0 bridgehead atoms. The maximum Gasteiger partial charge on any atom is 0.321 e. The number of aromatic nitrogens is 4. The van der Waals surface area contributed by atoms with Crippen LogP contribution in [0.4, 0.5) is 9.93 Å². The van der Waals surface area contributed by atoms with Gasteiger partial charge >= 0.3 is 6.03 Å². The van der Waals surface area contributed by atoms with Gasteiger partial charge in [0.1, 0.15) is 5.60 Å². The molecular weight excluding hydrogens is 629 g/mol. The standard InChI is InChI=1S/C28H33N7O3S.C3H9P.2C2H6/c1-5-29-26(36)34-27-33-23-11-18(19-12-31-25(32-13-19)28(3,4)37)10-21(24(23)39-27)22-9-17(7-8-30-22)14-35-15-20(16-35)38-6-2;1-2-3-4;2*1-2/h7-13,20,37H,5-6,14-16H2,1-4H3,(H2,29,33,34,36);2-4H2,1H3;2*1-2H3. The number of anilines is 1. The predicted octanol–water partition coefficient (Wildman–Crippen LogP) is 7.73. The van der Waals surface area contributed by atoms with Gasteiger partial charge in [-0.05, 0) is 69.2 Å². The van der Waals surface area contributed by atoms with Crippen LogP contribution in [0.25, 0.3) is 32.6 Å². The molecule has 1 aliphatic heterocycles. The molecule has 10 nitrogen and oxygen atoms in total. The lowest BCUT2D eigenvalue weighted by Gasteiger charge is -2.38. The largest absolute Gasteiger partial charge is 0.382 e. The number of amides is 2. The third kappa shape index (κ3) is 11.8. The van der Waals surface area contributed by atoms with E-state index >= 15 is 0 Å². The second-order valence-electron chi connectivity index (χ2n) is 10.8. The number of carbonyl (C=O) groups excluding carboxylic acids is 1. The number of aliphatic hydroxyl groups is 1. The molecule has 2 amide bonds. The van der Waals surface area contributed by atoms with E-state index in [0.717, 1.165) is 64.4 Å². The topological polar surface area (TPSA) is 125 Å². The number of hydrogen-bond acceptors (Lipinski definition) is 9. The van der Waals surface area contributed by atoms with Gasteiger partial charge in [0.2, 0.25) is 0 Å². The molecule has 1 aromatic carbocycles. The average Bonchev–Trinajstić information content (AvgIpc) is 3.47. The molecule has 0 saturated carbocycles. The van der Waals surface area contributed by atoms with Crippen LogP contribution in [0, 0.1) is 0 Å². The Balaban J connectivity index is 0.000000878. The van der Waals surface area contributed by atoms with Gasteiger partial charge in [0.05, 0.1) is 22.0 Å². The van der Waals surface area contributed by atoms with Crippen LogP contribution in [0.1, 0.15) is 80.1 Å². The van der Waals surface area contributed by atoms with Gasteiger partial charge in [0, 0.05) is 62.5 Å². The van der Waals surface area contributed by atoms with Crippen LogP contribution in [0.2, 0.25) is 0 Å². The van der Waals surface area contributed by atoms with Crippen molar-refractivity contribution in [2.75, 3.05) is 37.7 Å². The number of rotatable bonds is 10. The van der Waals surface area contributed by atoms with Gasteiger partial charge in [0.25, 0.3) is 0 Å². The van der Waals surface area contributed by atoms with Gasteiger partial charge in [-0.1, -0.05) is 52.4 Å². The number of ether oxygens (including phenoxy) is 1. The summed E-state index contributed by atoms with van der Waals surface area (Å²) in [6.45, 7) is 21.3. The number of nitrogens with zero attached hydrogens (tertiary/aromatic N) is 5. The normalized spacial score (nSPS) is 12.8. The molecule has 1 unspecified atom stereocenters. The van der Waals surface area contributed by atoms with Crippen LogP contribution >= 0.6 is 20.6 Å². The first-order valence-electron chi connectivity index (χ1n) is 16.7. The lowest BCUT2D eigenvalue weighted by Crippen LogP contribution is -2.51. The summed E-state index contributed by atoms with van der Waals surface area (Å²) in [5, 5.41) is 16.3. The molecule has 1 atom stereocenters. The number of fused-ring (bicyclic) bond motifs is 1. The van der Waals surface area contributed by atoms with Crippen LogP contribution in [0.5, 0.6) is 0 Å². The highest BCUT2D eigenvalue weighted by molar-refractivity contribution is 7.22. The van der Waals surface area contributed by atoms with Gasteiger partial charge < -0.3 is 15.2 Å². The second-order valence-corrected chi connectivity index (χ2v) is 12.4. The fraction of sp³-hybridized carbons (Fsp3) is 0.514. The van der Waals surface area contributed by atoms with Crippen LogP contribution in [0.3, 0.4) is 0 Å². The third-order valence-electron chi connectivity index (χ3n) is 6.70. The molecule has 1 fully saturated rings. The first kappa shape index (κ1) is 40.1. The molecule has 4 aromatic rings. The molecule has 1 saturated heterocycles. The Morgan fingerprint density at radius 2 is 1.72 bits per heavy atom. The SMILES string of the molecule is CC.CC.CCCP.CCNC(=O)Nc1nc2cc(-c3cnc(C(C)(C)O)nc3)cc(-c3cc(CN4CC(OCC)C4)ccn3)c2s1. The number of thiazole rings is 1. The summed E-state index contributed by atoms with van der Waals surface area (Å²) in [6.07, 6.45) is 8.07. The van der Waals surface area contributed by atoms with E-state index in [9.17, 15) is 9.90 Å². The van der Waals surface area contributed by atoms with E-state index in [1.165, 1.54) is 23.9 Å². The zero-order valence-electron chi connectivity index (χ0n) is 29.6. The molecule has 3 N–H and O–H groups in total. The van der Waals surface area contributed by atoms with Gasteiger partial charge in [0.15, 0.2) is 11.0 Å². The minimum absolute atomic E-state index is 0.297. The van der Waals surface area contributed by atoms with Crippen LogP contribution < -0.4 is 10.6 Å². The van der Waals surface area contributed by atoms with E-state index in [4.69, 9.17) is 14.7 Å². The Hall–Kier alpha value is -3.08. The molecule has 0 radical (unpaired) electrons. The van der Waals surface area contributed by atoms with Crippen molar-refractivity contribution in [3.63, 3.8) is 0 Å². The van der Waals surface area contributed by atoms with Gasteiger partial charge in [-0.25, -0.2) is 19.7 Å². The quantitative estimate of drug-likeness (QED) is 0.145. The van der Waals surface area contributed by atoms with Gasteiger partial charge in [-0.15, -0.1) is 9.24 Å². The van der Waals surface area contributed by atoms with E-state index in [0.29, 0.717) is 23.6 Å². The zero-order valence-corrected chi connectivity index (χ0v) is 31.5. The molecule has 0 aliphatic carbocycles. The Bertz CT molecular complexity index is 1500. The monoisotopic (exact) mass is 683 g/mol. The molecule has 4 heterocycles. The third-order valence-corrected chi connectivity index (χ3v) is 8.30. The first-order valence-corrected chi connectivity index (χ1v) is 18.3. The predicted molar refractivity (Wildman–Crippen MR) is 200 cm³/mol. The summed E-state index contributed by atoms with van der Waals surface area (Å²) >= 11 is 1.41. The molecule has 5 rings (SSSR count). The number of benzene rings is 1. The number of likely N-dealkylation sites (tertiary alicyclic amines) is 1. The van der Waals surface area contributed by atoms with Gasteiger partial charge in [-0.3, -0.25) is 15.2 Å².